The molecule has 1 aromatic heterocycles. The Balaban J connectivity index is 1.49. The lowest BCUT2D eigenvalue weighted by Crippen LogP contribution is -2.27. The monoisotopic (exact) mass is 511 g/mol. The number of nitrogens with zero attached hydrogens (tertiary/aromatic N) is 3. The van der Waals surface area contributed by atoms with Gasteiger partial charge in [-0.15, -0.1) is 0 Å². The van der Waals surface area contributed by atoms with Crippen molar-refractivity contribution in [3.63, 3.8) is 0 Å². The first-order valence-corrected chi connectivity index (χ1v) is 13.6. The van der Waals surface area contributed by atoms with Crippen LogP contribution in [0.2, 0.25) is 0 Å². The summed E-state index contributed by atoms with van der Waals surface area (Å²) in [6, 6.07) is 6.29. The first kappa shape index (κ1) is 23.7. The van der Waals surface area contributed by atoms with Gasteiger partial charge < -0.3 is 9.30 Å². The van der Waals surface area contributed by atoms with Crippen molar-refractivity contribution in [3.8, 4) is 0 Å². The molecule has 34 heavy (non-hydrogen) atoms. The molecular weight excluding hydrogens is 487 g/mol. The zero-order chi connectivity index (χ0) is 23.9. The zero-order valence-electron chi connectivity index (χ0n) is 18.3. The molecule has 11 heteroatoms. The van der Waals surface area contributed by atoms with Gasteiger partial charge in [0.25, 0.3) is 0 Å². The van der Waals surface area contributed by atoms with Crippen molar-refractivity contribution in [2.24, 2.45) is 0 Å². The van der Waals surface area contributed by atoms with Gasteiger partial charge in [0.1, 0.15) is 5.82 Å². The fourth-order valence-corrected chi connectivity index (χ4v) is 6.96. The molecule has 2 aliphatic rings. The maximum absolute atomic E-state index is 14.2. The third kappa shape index (κ3) is 4.58. The summed E-state index contributed by atoms with van der Waals surface area (Å²) in [7, 11) is -3.60. The lowest BCUT2D eigenvalue weighted by molar-refractivity contribution is 0.0960. The minimum absolute atomic E-state index is 0.00948. The number of fused-ring (bicyclic) bond motifs is 1. The van der Waals surface area contributed by atoms with Crippen LogP contribution >= 0.6 is 11.8 Å². The van der Waals surface area contributed by atoms with E-state index >= 15 is 0 Å². The number of hydrogen-bond donors (Lipinski definition) is 0. The second-order valence-corrected chi connectivity index (χ2v) is 11.4. The molecule has 2 aliphatic heterocycles. The van der Waals surface area contributed by atoms with Gasteiger partial charge in [-0.3, -0.25) is 0 Å². The van der Waals surface area contributed by atoms with Gasteiger partial charge >= 0.3 is 0 Å². The van der Waals surface area contributed by atoms with Crippen LogP contribution in [0.3, 0.4) is 0 Å². The first-order chi connectivity index (χ1) is 16.3. The summed E-state index contributed by atoms with van der Waals surface area (Å²) >= 11 is 1.18. The van der Waals surface area contributed by atoms with E-state index < -0.39 is 27.5 Å². The zero-order valence-corrected chi connectivity index (χ0v) is 20.0. The van der Waals surface area contributed by atoms with Crippen molar-refractivity contribution < 1.29 is 26.3 Å². The molecule has 3 heterocycles. The van der Waals surface area contributed by atoms with Gasteiger partial charge in [0.05, 0.1) is 28.6 Å². The molecule has 0 amide bonds. The van der Waals surface area contributed by atoms with E-state index in [0.29, 0.717) is 43.0 Å². The number of aromatic nitrogens is 2. The summed E-state index contributed by atoms with van der Waals surface area (Å²) in [5.41, 5.74) is 1.27. The molecule has 0 N–H and O–H groups in total. The third-order valence-electron chi connectivity index (χ3n) is 6.24. The highest BCUT2D eigenvalue weighted by Crippen LogP contribution is 2.32. The number of hydrogen-bond acceptors (Lipinski definition) is 5. The van der Waals surface area contributed by atoms with Crippen molar-refractivity contribution in [1.29, 1.82) is 0 Å². The van der Waals surface area contributed by atoms with Crippen molar-refractivity contribution in [2.75, 3.05) is 19.7 Å². The van der Waals surface area contributed by atoms with E-state index in [1.165, 1.54) is 16.1 Å². The van der Waals surface area contributed by atoms with Gasteiger partial charge in [-0.25, -0.2) is 26.6 Å². The molecule has 182 valence electrons. The van der Waals surface area contributed by atoms with E-state index in [4.69, 9.17) is 4.74 Å². The molecule has 2 aromatic carbocycles. The second kappa shape index (κ2) is 9.52. The van der Waals surface area contributed by atoms with E-state index in [9.17, 15) is 21.6 Å². The topological polar surface area (TPSA) is 64.4 Å². The Morgan fingerprint density at radius 3 is 2.53 bits per heavy atom. The highest BCUT2D eigenvalue weighted by atomic mass is 32.2. The van der Waals surface area contributed by atoms with Gasteiger partial charge in [-0.1, -0.05) is 11.8 Å². The van der Waals surface area contributed by atoms with Gasteiger partial charge in [0, 0.05) is 37.1 Å². The number of benzene rings is 2. The van der Waals surface area contributed by atoms with Crippen LogP contribution in [-0.2, 0) is 27.1 Å². The van der Waals surface area contributed by atoms with Crippen LogP contribution < -0.4 is 0 Å². The van der Waals surface area contributed by atoms with Crippen LogP contribution in [0, 0.1) is 17.5 Å². The number of sulfonamides is 1. The Labute approximate surface area is 200 Å². The number of imidazole rings is 1. The van der Waals surface area contributed by atoms with Gasteiger partial charge in [0.2, 0.25) is 10.0 Å². The molecule has 1 atom stereocenters. The predicted molar refractivity (Wildman–Crippen MR) is 123 cm³/mol. The van der Waals surface area contributed by atoms with E-state index in [-0.39, 0.29) is 22.3 Å². The Morgan fingerprint density at radius 2 is 1.79 bits per heavy atom. The van der Waals surface area contributed by atoms with Gasteiger partial charge in [0.15, 0.2) is 16.8 Å². The number of ether oxygens (including phenoxy) is 1. The second-order valence-electron chi connectivity index (χ2n) is 8.55. The number of halogens is 3. The molecular formula is C23H24F3N3O3S2. The minimum Gasteiger partial charge on any atom is -0.376 e. The number of rotatable bonds is 7. The lowest BCUT2D eigenvalue weighted by atomic mass is 10.2. The van der Waals surface area contributed by atoms with Gasteiger partial charge in [-0.05, 0) is 49.9 Å². The fraction of sp³-hybridized carbons (Fsp3) is 0.435. The molecule has 1 unspecified atom stereocenters. The van der Waals surface area contributed by atoms with Crippen molar-refractivity contribution in [3.05, 3.63) is 53.3 Å². The van der Waals surface area contributed by atoms with Crippen molar-refractivity contribution in [1.82, 2.24) is 13.9 Å². The van der Waals surface area contributed by atoms with Crippen LogP contribution in [0.5, 0.6) is 0 Å². The Morgan fingerprint density at radius 1 is 1.03 bits per heavy atom. The molecule has 6 nitrogen and oxygen atoms in total. The van der Waals surface area contributed by atoms with E-state index in [0.717, 1.165) is 37.3 Å². The largest absolute Gasteiger partial charge is 0.376 e. The summed E-state index contributed by atoms with van der Waals surface area (Å²) in [6.45, 7) is 2.21. The Kier molecular flexibility index (Phi) is 6.62. The van der Waals surface area contributed by atoms with Crippen LogP contribution in [0.4, 0.5) is 13.2 Å². The molecule has 2 fully saturated rings. The van der Waals surface area contributed by atoms with Crippen LogP contribution in [0.25, 0.3) is 11.0 Å². The first-order valence-electron chi connectivity index (χ1n) is 11.2. The fourth-order valence-electron chi connectivity index (χ4n) is 4.42. The minimum atomic E-state index is -3.60. The molecule has 2 saturated heterocycles. The highest BCUT2D eigenvalue weighted by molar-refractivity contribution is 7.98. The Bertz CT molecular complexity index is 1320. The van der Waals surface area contributed by atoms with E-state index in [1.54, 1.807) is 18.2 Å². The molecule has 3 aromatic rings. The maximum atomic E-state index is 14.2. The average molecular weight is 512 g/mol. The van der Waals surface area contributed by atoms with Gasteiger partial charge in [-0.2, -0.15) is 4.31 Å². The molecule has 0 aliphatic carbocycles. The summed E-state index contributed by atoms with van der Waals surface area (Å²) in [5.74, 6) is -3.13. The van der Waals surface area contributed by atoms with Crippen LogP contribution in [-0.4, -0.2) is 48.1 Å². The lowest BCUT2D eigenvalue weighted by Gasteiger charge is -2.16. The standard InChI is InChI=1S/C23H24F3N3O3S2/c24-18-12-20(26)19(25)10-15(18)14-33-23-27-21-11-17(34(30,31)28-7-1-2-8-28)5-6-22(21)29(23)13-16-4-3-9-32-16/h5-6,10-12,16H,1-4,7-9,13-14H2. The van der Waals surface area contributed by atoms with Crippen molar-refractivity contribution >= 4 is 32.8 Å². The summed E-state index contributed by atoms with van der Waals surface area (Å²) in [4.78, 5) is 4.82. The number of thioether (sulfide) groups is 1. The van der Waals surface area contributed by atoms with Crippen LogP contribution in [0.15, 0.2) is 40.4 Å². The summed E-state index contributed by atoms with van der Waals surface area (Å²) < 4.78 is 76.3. The normalized spacial score (nSPS) is 19.4. The van der Waals surface area contributed by atoms with Crippen LogP contribution in [0.1, 0.15) is 31.2 Å². The summed E-state index contributed by atoms with van der Waals surface area (Å²) in [6.07, 6.45) is 3.53. The molecule has 0 radical (unpaired) electrons. The molecule has 5 rings (SSSR count). The molecule has 0 bridgehead atoms. The SMILES string of the molecule is O=S(=O)(c1ccc2c(c1)nc(SCc1cc(F)c(F)cc1F)n2CC1CCCO1)N1CCCC1. The van der Waals surface area contributed by atoms with E-state index in [2.05, 4.69) is 4.98 Å². The smallest absolute Gasteiger partial charge is 0.243 e. The summed E-state index contributed by atoms with van der Waals surface area (Å²) in [5, 5.41) is 0.533. The quantitative estimate of drug-likeness (QED) is 0.340. The molecule has 0 spiro atoms. The van der Waals surface area contributed by atoms with E-state index in [1.807, 2.05) is 4.57 Å². The van der Waals surface area contributed by atoms with Crippen molar-refractivity contribution in [2.45, 2.75) is 54.1 Å². The third-order valence-corrected chi connectivity index (χ3v) is 9.16. The maximum Gasteiger partial charge on any atom is 0.243 e. The molecule has 0 saturated carbocycles. The Hall–Kier alpha value is -2.08. The highest BCUT2D eigenvalue weighted by Gasteiger charge is 2.28. The average Bonchev–Trinajstić information content (AvgIpc) is 3.57. The predicted octanol–water partition coefficient (Wildman–Crippen LogP) is 4.71.